The van der Waals surface area contributed by atoms with E-state index in [1.165, 1.54) is 17.0 Å². The van der Waals surface area contributed by atoms with E-state index < -0.39 is 36.0 Å². The molecule has 3 aromatic carbocycles. The van der Waals surface area contributed by atoms with Crippen molar-refractivity contribution >= 4 is 47.1 Å². The lowest BCUT2D eigenvalue weighted by molar-refractivity contribution is -0.139. The van der Waals surface area contributed by atoms with Gasteiger partial charge in [-0.05, 0) is 66.8 Å². The van der Waals surface area contributed by atoms with Crippen molar-refractivity contribution < 1.29 is 28.7 Å². The Hall–Kier alpha value is -4.90. The fourth-order valence-corrected chi connectivity index (χ4v) is 5.75. The van der Waals surface area contributed by atoms with Crippen LogP contribution in [0.25, 0.3) is 0 Å². The number of nitrogens with one attached hydrogen (secondary N) is 1. The molecule has 6 amide bonds. The van der Waals surface area contributed by atoms with Crippen LogP contribution in [0.15, 0.2) is 78.9 Å². The lowest BCUT2D eigenvalue weighted by atomic mass is 9.85. The van der Waals surface area contributed by atoms with Crippen LogP contribution in [0.1, 0.15) is 30.4 Å². The van der Waals surface area contributed by atoms with Crippen LogP contribution in [-0.4, -0.2) is 64.8 Å². The van der Waals surface area contributed by atoms with Crippen LogP contribution in [0.3, 0.4) is 0 Å². The van der Waals surface area contributed by atoms with Gasteiger partial charge in [0.1, 0.15) is 17.8 Å². The zero-order valence-electron chi connectivity index (χ0n) is 23.9. The van der Waals surface area contributed by atoms with Crippen molar-refractivity contribution in [3.05, 3.63) is 95.0 Å². The second-order valence-corrected chi connectivity index (χ2v) is 11.2. The lowest BCUT2D eigenvalue weighted by Gasteiger charge is -2.42. The zero-order valence-corrected chi connectivity index (χ0v) is 24.7. The fourth-order valence-electron chi connectivity index (χ4n) is 5.63. The molecule has 0 aromatic heterocycles. The number of primary amides is 1. The van der Waals surface area contributed by atoms with Gasteiger partial charge in [0, 0.05) is 36.8 Å². The topological polar surface area (TPSA) is 142 Å². The average molecular weight is 618 g/mol. The Bertz CT molecular complexity index is 1540. The molecule has 0 aliphatic carbocycles. The van der Waals surface area contributed by atoms with Crippen molar-refractivity contribution in [3.8, 4) is 5.75 Å². The summed E-state index contributed by atoms with van der Waals surface area (Å²) in [5, 5.41) is 3.36. The quantitative estimate of drug-likeness (QED) is 0.349. The van der Waals surface area contributed by atoms with Crippen molar-refractivity contribution in [1.82, 2.24) is 15.1 Å². The predicted octanol–water partition coefficient (Wildman–Crippen LogP) is 3.88. The number of halogens is 1. The summed E-state index contributed by atoms with van der Waals surface area (Å²) < 4.78 is 4.80. The van der Waals surface area contributed by atoms with Gasteiger partial charge in [0.25, 0.3) is 5.91 Å². The van der Waals surface area contributed by atoms with E-state index in [1.54, 1.807) is 53.4 Å². The fraction of sp³-hybridized carbons (Fsp3) is 0.281. The summed E-state index contributed by atoms with van der Waals surface area (Å²) in [6.07, 6.45) is 0.449. The molecule has 5 rings (SSSR count). The summed E-state index contributed by atoms with van der Waals surface area (Å²) in [5.41, 5.74) is 6.08. The Balaban J connectivity index is 1.24. The Morgan fingerprint density at radius 2 is 1.52 bits per heavy atom. The number of urea groups is 1. The number of para-hydroxylation sites is 1. The highest BCUT2D eigenvalue weighted by atomic mass is 35.5. The first kappa shape index (κ1) is 30.6. The number of hydrogen-bond donors (Lipinski definition) is 2. The molecule has 0 bridgehead atoms. The Labute approximate surface area is 259 Å². The van der Waals surface area contributed by atoms with Gasteiger partial charge in [-0.2, -0.15) is 0 Å². The number of aryl methyl sites for hydroxylation is 1. The van der Waals surface area contributed by atoms with Crippen molar-refractivity contribution in [2.24, 2.45) is 5.73 Å². The van der Waals surface area contributed by atoms with Crippen molar-refractivity contribution in [1.29, 1.82) is 0 Å². The normalized spacial score (nSPS) is 15.9. The molecule has 2 aliphatic rings. The first-order chi connectivity index (χ1) is 21.2. The summed E-state index contributed by atoms with van der Waals surface area (Å²) in [4.78, 5) is 68.7. The molecule has 1 spiro atoms. The molecule has 2 saturated heterocycles. The number of nitrogens with two attached hydrogens (primary N) is 1. The van der Waals surface area contributed by atoms with E-state index in [1.807, 2.05) is 18.2 Å². The molecular weight excluding hydrogens is 586 g/mol. The highest BCUT2D eigenvalue weighted by Gasteiger charge is 2.59. The summed E-state index contributed by atoms with van der Waals surface area (Å²) in [6, 6.07) is 22.1. The van der Waals surface area contributed by atoms with Crippen LogP contribution >= 0.6 is 11.6 Å². The van der Waals surface area contributed by atoms with E-state index in [-0.39, 0.29) is 31.0 Å². The molecular formula is C32H32ClN5O6. The summed E-state index contributed by atoms with van der Waals surface area (Å²) in [7, 11) is 0. The van der Waals surface area contributed by atoms with Crippen LogP contribution in [0, 0.1) is 0 Å². The number of imide groups is 1. The van der Waals surface area contributed by atoms with E-state index >= 15 is 0 Å². The molecule has 11 nitrogen and oxygen atoms in total. The zero-order chi connectivity index (χ0) is 31.3. The van der Waals surface area contributed by atoms with Gasteiger partial charge in [-0.15, -0.1) is 0 Å². The van der Waals surface area contributed by atoms with Gasteiger partial charge in [0.2, 0.25) is 11.8 Å². The van der Waals surface area contributed by atoms with Crippen LogP contribution in [0.5, 0.6) is 5.75 Å². The average Bonchev–Trinajstić information content (AvgIpc) is 3.21. The van der Waals surface area contributed by atoms with Crippen LogP contribution in [0.2, 0.25) is 5.02 Å². The third kappa shape index (κ3) is 6.68. The first-order valence-corrected chi connectivity index (χ1v) is 14.6. The number of rotatable bonds is 9. The third-order valence-corrected chi connectivity index (χ3v) is 8.18. The Morgan fingerprint density at radius 1 is 0.886 bits per heavy atom. The Kier molecular flexibility index (Phi) is 9.15. The standard InChI is InChI=1S/C32H32ClN5O6/c33-24-11-6-22(7-12-24)10-15-28(40)36-18-16-32(17-19-36)29(41)37(31(43)38(32)25-4-2-1-3-5-25)21-27(39)35-20-23-8-13-26(14-9-23)44-30(34)42/h1-9,11-14H,10,15-21H2,(H2,34,42)(H,35,39). The Morgan fingerprint density at radius 3 is 2.16 bits per heavy atom. The maximum atomic E-state index is 13.9. The number of benzene rings is 3. The minimum Gasteiger partial charge on any atom is -0.411 e. The number of likely N-dealkylation sites (tertiary alicyclic amines) is 1. The van der Waals surface area contributed by atoms with Gasteiger partial charge >= 0.3 is 12.1 Å². The van der Waals surface area contributed by atoms with Crippen molar-refractivity contribution in [3.63, 3.8) is 0 Å². The second kappa shape index (κ2) is 13.2. The number of carbonyl (C=O) groups excluding carboxylic acids is 5. The molecule has 2 fully saturated rings. The SMILES string of the molecule is NC(=O)Oc1ccc(CNC(=O)CN2C(=O)N(c3ccccc3)C3(CCN(C(=O)CCc4ccc(Cl)cc4)CC3)C2=O)cc1. The van der Waals surface area contributed by atoms with Crippen LogP contribution < -0.4 is 20.7 Å². The largest absolute Gasteiger partial charge is 0.411 e. The number of ether oxygens (including phenoxy) is 1. The monoisotopic (exact) mass is 617 g/mol. The molecule has 2 heterocycles. The molecule has 0 unspecified atom stereocenters. The smallest absolute Gasteiger partial charge is 0.409 e. The van der Waals surface area contributed by atoms with Gasteiger partial charge in [0.15, 0.2) is 0 Å². The number of amides is 6. The van der Waals surface area contributed by atoms with E-state index in [0.717, 1.165) is 10.5 Å². The van der Waals surface area contributed by atoms with Crippen LogP contribution in [0.4, 0.5) is 15.3 Å². The van der Waals surface area contributed by atoms with E-state index in [2.05, 4.69) is 5.32 Å². The molecule has 44 heavy (non-hydrogen) atoms. The summed E-state index contributed by atoms with van der Waals surface area (Å²) in [5.74, 6) is -0.725. The molecule has 2 aliphatic heterocycles. The minimum atomic E-state index is -1.21. The number of anilines is 1. The van der Waals surface area contributed by atoms with Crippen molar-refractivity contribution in [2.75, 3.05) is 24.5 Å². The highest BCUT2D eigenvalue weighted by molar-refractivity contribution is 6.30. The molecule has 228 valence electrons. The predicted molar refractivity (Wildman–Crippen MR) is 163 cm³/mol. The van der Waals surface area contributed by atoms with Gasteiger partial charge < -0.3 is 20.7 Å². The van der Waals surface area contributed by atoms with E-state index in [0.29, 0.717) is 42.2 Å². The second-order valence-electron chi connectivity index (χ2n) is 10.7. The maximum Gasteiger partial charge on any atom is 0.409 e. The number of piperidine rings is 1. The number of hydrogen-bond acceptors (Lipinski definition) is 6. The first-order valence-electron chi connectivity index (χ1n) is 14.2. The molecule has 3 aromatic rings. The van der Waals surface area contributed by atoms with Gasteiger partial charge in [-0.25, -0.2) is 9.59 Å². The minimum absolute atomic E-state index is 0.0247. The number of carbonyl (C=O) groups is 5. The van der Waals surface area contributed by atoms with Gasteiger partial charge in [-0.1, -0.05) is 54.1 Å². The van der Waals surface area contributed by atoms with Gasteiger partial charge in [0.05, 0.1) is 0 Å². The van der Waals surface area contributed by atoms with Gasteiger partial charge in [-0.3, -0.25) is 24.2 Å². The highest BCUT2D eigenvalue weighted by Crippen LogP contribution is 2.40. The number of nitrogens with zero attached hydrogens (tertiary/aromatic N) is 3. The summed E-state index contributed by atoms with van der Waals surface area (Å²) in [6.45, 7) is 0.288. The maximum absolute atomic E-state index is 13.9. The molecule has 0 atom stereocenters. The molecule has 12 heteroatoms. The lowest BCUT2D eigenvalue weighted by Crippen LogP contribution is -2.57. The molecule has 0 saturated carbocycles. The molecule has 0 radical (unpaired) electrons. The summed E-state index contributed by atoms with van der Waals surface area (Å²) >= 11 is 5.96. The van der Waals surface area contributed by atoms with E-state index in [4.69, 9.17) is 22.1 Å². The van der Waals surface area contributed by atoms with E-state index in [9.17, 15) is 24.0 Å². The third-order valence-electron chi connectivity index (χ3n) is 7.93. The van der Waals surface area contributed by atoms with Crippen molar-refractivity contribution in [2.45, 2.75) is 37.8 Å². The molecule has 3 N–H and O–H groups in total. The van der Waals surface area contributed by atoms with Crippen LogP contribution in [-0.2, 0) is 27.3 Å².